The summed E-state index contributed by atoms with van der Waals surface area (Å²) in [5, 5.41) is 13.1. The van der Waals surface area contributed by atoms with E-state index < -0.39 is 0 Å². The monoisotopic (exact) mass is 344 g/mol. The molecule has 3 rings (SSSR count). The number of thioether (sulfide) groups is 1. The van der Waals surface area contributed by atoms with Crippen molar-refractivity contribution in [1.82, 2.24) is 25.3 Å². The molecule has 0 aliphatic rings. The van der Waals surface area contributed by atoms with Crippen molar-refractivity contribution in [2.24, 2.45) is 0 Å². The van der Waals surface area contributed by atoms with Gasteiger partial charge in [0.25, 0.3) is 0 Å². The molecule has 0 saturated heterocycles. The van der Waals surface area contributed by atoms with E-state index in [1.807, 2.05) is 24.3 Å². The summed E-state index contributed by atoms with van der Waals surface area (Å²) in [7, 11) is 0. The quantitative estimate of drug-likeness (QED) is 0.634. The lowest BCUT2D eigenvalue weighted by atomic mass is 10.2. The van der Waals surface area contributed by atoms with E-state index in [1.54, 1.807) is 11.8 Å². The second-order valence-corrected chi connectivity index (χ2v) is 6.13. The fraction of sp³-hybridized carbons (Fsp3) is 0.267. The van der Waals surface area contributed by atoms with Gasteiger partial charge in [-0.25, -0.2) is 4.98 Å². The van der Waals surface area contributed by atoms with Crippen molar-refractivity contribution in [3.8, 4) is 11.6 Å². The molecule has 124 valence electrons. The second-order valence-electron chi connectivity index (χ2n) is 4.82. The molecule has 0 spiro atoms. The number of para-hydroxylation sites is 1. The lowest BCUT2D eigenvalue weighted by Gasteiger charge is -2.09. The molecule has 3 aromatic rings. The van der Waals surface area contributed by atoms with Crippen molar-refractivity contribution >= 4 is 23.4 Å². The Balaban J connectivity index is 1.56. The van der Waals surface area contributed by atoms with Gasteiger partial charge in [0, 0.05) is 17.7 Å². The molecule has 2 aromatic heterocycles. The predicted molar refractivity (Wildman–Crippen MR) is 89.5 cm³/mol. The molecule has 0 atom stereocenters. The molecule has 2 heterocycles. The summed E-state index contributed by atoms with van der Waals surface area (Å²) in [4.78, 5) is 21.3. The maximum Gasteiger partial charge on any atom is 0.239 e. The van der Waals surface area contributed by atoms with Crippen LogP contribution in [0.25, 0.3) is 11.6 Å². The van der Waals surface area contributed by atoms with Gasteiger partial charge >= 0.3 is 0 Å². The molecule has 8 nitrogen and oxygen atoms in total. The number of aromatic nitrogens is 5. The average molecular weight is 344 g/mol. The first-order chi connectivity index (χ1) is 11.8. The number of hydrogen-bond acceptors (Lipinski definition) is 7. The van der Waals surface area contributed by atoms with Gasteiger partial charge in [-0.05, 0) is 17.9 Å². The molecule has 2 N–H and O–H groups in total. The first-order valence-corrected chi connectivity index (χ1v) is 8.45. The summed E-state index contributed by atoms with van der Waals surface area (Å²) < 4.78 is 5.12. The van der Waals surface area contributed by atoms with Crippen LogP contribution in [0.3, 0.4) is 0 Å². The van der Waals surface area contributed by atoms with Crippen LogP contribution in [0.15, 0.2) is 40.0 Å². The Hall–Kier alpha value is -2.68. The third-order valence-electron chi connectivity index (χ3n) is 3.12. The molecule has 0 bridgehead atoms. The summed E-state index contributed by atoms with van der Waals surface area (Å²) in [6.45, 7) is 2.07. The first-order valence-electron chi connectivity index (χ1n) is 7.46. The van der Waals surface area contributed by atoms with Gasteiger partial charge in [-0.2, -0.15) is 10.1 Å². The maximum atomic E-state index is 12.1. The number of amides is 1. The molecule has 0 fully saturated rings. The van der Waals surface area contributed by atoms with Crippen molar-refractivity contribution in [3.63, 3.8) is 0 Å². The number of hydrogen-bond donors (Lipinski definition) is 2. The van der Waals surface area contributed by atoms with E-state index in [0.29, 0.717) is 24.0 Å². The molecule has 0 saturated carbocycles. The highest BCUT2D eigenvalue weighted by molar-refractivity contribution is 7.99. The van der Waals surface area contributed by atoms with Crippen molar-refractivity contribution in [2.45, 2.75) is 24.7 Å². The minimum absolute atomic E-state index is 0.0985. The van der Waals surface area contributed by atoms with Crippen LogP contribution in [-0.2, 0) is 11.2 Å². The van der Waals surface area contributed by atoms with Crippen LogP contribution in [0.2, 0.25) is 0 Å². The van der Waals surface area contributed by atoms with Crippen LogP contribution in [0.5, 0.6) is 0 Å². The Kier molecular flexibility index (Phi) is 5.22. The molecule has 24 heavy (non-hydrogen) atoms. The van der Waals surface area contributed by atoms with Gasteiger partial charge in [0.1, 0.15) is 6.33 Å². The number of aromatic amines is 1. The summed E-state index contributed by atoms with van der Waals surface area (Å²) in [5.41, 5.74) is 0.822. The number of anilines is 1. The Bertz CT molecular complexity index is 802. The summed E-state index contributed by atoms with van der Waals surface area (Å²) in [6, 6.07) is 7.74. The Morgan fingerprint density at radius 1 is 1.38 bits per heavy atom. The molecule has 9 heteroatoms. The van der Waals surface area contributed by atoms with Gasteiger partial charge in [0.05, 0.1) is 5.69 Å². The van der Waals surface area contributed by atoms with Gasteiger partial charge in [0.2, 0.25) is 17.6 Å². The van der Waals surface area contributed by atoms with Gasteiger partial charge in [-0.15, -0.1) is 11.8 Å². The predicted octanol–water partition coefficient (Wildman–Crippen LogP) is 2.54. The Labute approximate surface area is 142 Å². The SMILES string of the molecule is CCSc1ccccc1NC(=O)CCc1nc(-c2ncn[nH]2)no1. The average Bonchev–Trinajstić information content (AvgIpc) is 3.26. The summed E-state index contributed by atoms with van der Waals surface area (Å²) in [5.74, 6) is 1.98. The molecule has 0 radical (unpaired) electrons. The van der Waals surface area contributed by atoms with E-state index >= 15 is 0 Å². The van der Waals surface area contributed by atoms with E-state index in [4.69, 9.17) is 4.52 Å². The van der Waals surface area contributed by atoms with E-state index in [-0.39, 0.29) is 12.3 Å². The minimum Gasteiger partial charge on any atom is -0.339 e. The van der Waals surface area contributed by atoms with Crippen LogP contribution >= 0.6 is 11.8 Å². The number of nitrogens with zero attached hydrogens (tertiary/aromatic N) is 4. The highest BCUT2D eigenvalue weighted by atomic mass is 32.2. The van der Waals surface area contributed by atoms with Crippen LogP contribution in [0, 0.1) is 0 Å². The minimum atomic E-state index is -0.0985. The number of nitrogens with one attached hydrogen (secondary N) is 2. The Morgan fingerprint density at radius 2 is 2.25 bits per heavy atom. The second kappa shape index (κ2) is 7.73. The van der Waals surface area contributed by atoms with Crippen molar-refractivity contribution in [2.75, 3.05) is 11.1 Å². The topological polar surface area (TPSA) is 110 Å². The van der Waals surface area contributed by atoms with Crippen molar-refractivity contribution in [3.05, 3.63) is 36.5 Å². The summed E-state index contributed by atoms with van der Waals surface area (Å²) >= 11 is 1.69. The van der Waals surface area contributed by atoms with Crippen LogP contribution in [-0.4, -0.2) is 37.0 Å². The van der Waals surface area contributed by atoms with Crippen LogP contribution in [0.4, 0.5) is 5.69 Å². The standard InChI is InChI=1S/C15H16N6O2S/c1-2-24-11-6-4-3-5-10(11)18-12(22)7-8-13-19-15(21-23-13)14-16-9-17-20-14/h3-6,9H,2,7-8H2,1H3,(H,18,22)(H,16,17,20). The van der Waals surface area contributed by atoms with Gasteiger partial charge < -0.3 is 9.84 Å². The Morgan fingerprint density at radius 3 is 3.04 bits per heavy atom. The largest absolute Gasteiger partial charge is 0.339 e. The van der Waals surface area contributed by atoms with Crippen LogP contribution < -0.4 is 5.32 Å². The first kappa shape index (κ1) is 16.2. The van der Waals surface area contributed by atoms with Gasteiger partial charge in [-0.3, -0.25) is 9.89 Å². The number of carbonyl (C=O) groups is 1. The summed E-state index contributed by atoms with van der Waals surface area (Å²) in [6.07, 6.45) is 1.98. The number of benzene rings is 1. The number of rotatable bonds is 7. The van der Waals surface area contributed by atoms with Crippen molar-refractivity contribution in [1.29, 1.82) is 0 Å². The lowest BCUT2D eigenvalue weighted by molar-refractivity contribution is -0.116. The molecule has 0 unspecified atom stereocenters. The number of aryl methyl sites for hydroxylation is 1. The third kappa shape index (κ3) is 3.99. The fourth-order valence-corrected chi connectivity index (χ4v) is 2.81. The highest BCUT2D eigenvalue weighted by Crippen LogP contribution is 2.26. The smallest absolute Gasteiger partial charge is 0.239 e. The zero-order valence-corrected chi connectivity index (χ0v) is 13.8. The zero-order chi connectivity index (χ0) is 16.8. The molecular formula is C15H16N6O2S. The van der Waals surface area contributed by atoms with Gasteiger partial charge in [0.15, 0.2) is 5.82 Å². The number of carbonyl (C=O) groups excluding carboxylic acids is 1. The van der Waals surface area contributed by atoms with E-state index in [9.17, 15) is 4.79 Å². The zero-order valence-electron chi connectivity index (χ0n) is 13.0. The molecule has 0 aliphatic carbocycles. The number of H-pyrrole nitrogens is 1. The molecule has 1 aromatic carbocycles. The van der Waals surface area contributed by atoms with E-state index in [2.05, 4.69) is 37.6 Å². The molecule has 0 aliphatic heterocycles. The van der Waals surface area contributed by atoms with Crippen LogP contribution in [0.1, 0.15) is 19.2 Å². The maximum absolute atomic E-state index is 12.1. The normalized spacial score (nSPS) is 10.7. The van der Waals surface area contributed by atoms with Crippen molar-refractivity contribution < 1.29 is 9.32 Å². The molecular weight excluding hydrogens is 328 g/mol. The van der Waals surface area contributed by atoms with E-state index in [0.717, 1.165) is 16.3 Å². The lowest BCUT2D eigenvalue weighted by Crippen LogP contribution is -2.13. The third-order valence-corrected chi connectivity index (χ3v) is 4.08. The van der Waals surface area contributed by atoms with Gasteiger partial charge in [-0.1, -0.05) is 24.2 Å². The molecule has 1 amide bonds. The van der Waals surface area contributed by atoms with E-state index in [1.165, 1.54) is 6.33 Å². The highest BCUT2D eigenvalue weighted by Gasteiger charge is 2.13. The fourth-order valence-electron chi connectivity index (χ4n) is 2.05.